The summed E-state index contributed by atoms with van der Waals surface area (Å²) in [5.41, 5.74) is 1.57. The molecule has 0 aliphatic carbocycles. The van der Waals surface area contributed by atoms with Crippen molar-refractivity contribution >= 4 is 11.6 Å². The molecule has 2 rings (SSSR count). The van der Waals surface area contributed by atoms with Crippen LogP contribution in [-0.2, 0) is 17.4 Å². The van der Waals surface area contributed by atoms with Crippen molar-refractivity contribution in [1.29, 1.82) is 0 Å². The molecule has 27 heavy (non-hydrogen) atoms. The van der Waals surface area contributed by atoms with Crippen LogP contribution in [0.3, 0.4) is 0 Å². The van der Waals surface area contributed by atoms with Gasteiger partial charge in [0.1, 0.15) is 5.75 Å². The molecule has 0 spiro atoms. The van der Waals surface area contributed by atoms with E-state index in [0.29, 0.717) is 6.54 Å². The number of rotatable bonds is 8. The van der Waals surface area contributed by atoms with Gasteiger partial charge in [-0.25, -0.2) is 0 Å². The summed E-state index contributed by atoms with van der Waals surface area (Å²) >= 11 is 0. The molecule has 2 aromatic carbocycles. The summed E-state index contributed by atoms with van der Waals surface area (Å²) in [4.78, 5) is 13.8. The predicted molar refractivity (Wildman–Crippen MR) is 99.0 cm³/mol. The van der Waals surface area contributed by atoms with Crippen molar-refractivity contribution in [3.8, 4) is 5.75 Å². The van der Waals surface area contributed by atoms with Gasteiger partial charge in [0, 0.05) is 26.3 Å². The number of halogens is 3. The van der Waals surface area contributed by atoms with Gasteiger partial charge in [-0.05, 0) is 54.8 Å². The molecular weight excluding hydrogens is 357 g/mol. The minimum atomic E-state index is -4.39. The van der Waals surface area contributed by atoms with Gasteiger partial charge in [0.15, 0.2) is 6.61 Å². The molecule has 1 amide bonds. The fourth-order valence-electron chi connectivity index (χ4n) is 2.42. The largest absolute Gasteiger partial charge is 0.484 e. The molecule has 146 valence electrons. The Kier molecular flexibility index (Phi) is 7.10. The standard InChI is InChI=1S/C20H23F3N2O2/c1-25(2)17-9-5-15(6-10-17)4-3-13-24-19(26)14-27-18-11-7-16(8-12-18)20(21,22)23/h5-12H,3-4,13-14H2,1-2H3,(H,24,26). The molecule has 0 bridgehead atoms. The molecule has 4 nitrogen and oxygen atoms in total. The van der Waals surface area contributed by atoms with Gasteiger partial charge in [0.2, 0.25) is 0 Å². The van der Waals surface area contributed by atoms with Crippen molar-refractivity contribution in [3.63, 3.8) is 0 Å². The van der Waals surface area contributed by atoms with Gasteiger partial charge in [-0.15, -0.1) is 0 Å². The summed E-state index contributed by atoms with van der Waals surface area (Å²) in [6.45, 7) is 0.271. The van der Waals surface area contributed by atoms with Crippen LogP contribution in [-0.4, -0.2) is 33.2 Å². The second-order valence-electron chi connectivity index (χ2n) is 6.33. The average Bonchev–Trinajstić information content (AvgIpc) is 2.63. The fraction of sp³-hybridized carbons (Fsp3) is 0.350. The third-order valence-corrected chi connectivity index (χ3v) is 3.97. The van der Waals surface area contributed by atoms with Gasteiger partial charge < -0.3 is 15.0 Å². The molecule has 0 aliphatic heterocycles. The topological polar surface area (TPSA) is 41.6 Å². The SMILES string of the molecule is CN(C)c1ccc(CCCNC(=O)COc2ccc(C(F)(F)F)cc2)cc1. The number of amides is 1. The monoisotopic (exact) mass is 380 g/mol. The van der Waals surface area contributed by atoms with Gasteiger partial charge in [-0.3, -0.25) is 4.79 Å². The number of alkyl halides is 3. The first-order valence-electron chi connectivity index (χ1n) is 8.59. The molecule has 0 fully saturated rings. The zero-order chi connectivity index (χ0) is 19.9. The van der Waals surface area contributed by atoms with Crippen molar-refractivity contribution < 1.29 is 22.7 Å². The van der Waals surface area contributed by atoms with E-state index in [1.165, 1.54) is 17.7 Å². The fourth-order valence-corrected chi connectivity index (χ4v) is 2.42. The van der Waals surface area contributed by atoms with Gasteiger partial charge in [0.25, 0.3) is 5.91 Å². The van der Waals surface area contributed by atoms with Crippen LogP contribution in [0.2, 0.25) is 0 Å². The third kappa shape index (κ3) is 6.84. The second kappa shape index (κ2) is 9.30. The molecule has 0 unspecified atom stereocenters. The van der Waals surface area contributed by atoms with Crippen LogP contribution in [0.4, 0.5) is 18.9 Å². The van der Waals surface area contributed by atoms with E-state index in [-0.39, 0.29) is 18.3 Å². The van der Waals surface area contributed by atoms with Crippen molar-refractivity contribution in [1.82, 2.24) is 5.32 Å². The lowest BCUT2D eigenvalue weighted by atomic mass is 10.1. The van der Waals surface area contributed by atoms with Crippen LogP contribution in [0.25, 0.3) is 0 Å². The van der Waals surface area contributed by atoms with E-state index in [9.17, 15) is 18.0 Å². The Balaban J connectivity index is 1.66. The summed E-state index contributed by atoms with van der Waals surface area (Å²) in [5, 5.41) is 2.74. The lowest BCUT2D eigenvalue weighted by Gasteiger charge is -2.12. The Morgan fingerprint density at radius 3 is 2.22 bits per heavy atom. The van der Waals surface area contributed by atoms with Crippen LogP contribution in [0.5, 0.6) is 5.75 Å². The van der Waals surface area contributed by atoms with Crippen LogP contribution >= 0.6 is 0 Å². The number of aryl methyl sites for hydroxylation is 1. The number of nitrogens with one attached hydrogen (secondary N) is 1. The smallest absolute Gasteiger partial charge is 0.416 e. The second-order valence-corrected chi connectivity index (χ2v) is 6.33. The highest BCUT2D eigenvalue weighted by Gasteiger charge is 2.30. The molecule has 0 aliphatic rings. The highest BCUT2D eigenvalue weighted by Crippen LogP contribution is 2.30. The first-order valence-corrected chi connectivity index (χ1v) is 8.59. The van der Waals surface area contributed by atoms with Crippen LogP contribution in [0.1, 0.15) is 17.5 Å². The number of hydrogen-bond donors (Lipinski definition) is 1. The molecule has 0 saturated heterocycles. The van der Waals surface area contributed by atoms with Crippen molar-refractivity contribution in [2.45, 2.75) is 19.0 Å². The highest BCUT2D eigenvalue weighted by molar-refractivity contribution is 5.77. The Morgan fingerprint density at radius 1 is 1.04 bits per heavy atom. The normalized spacial score (nSPS) is 11.1. The van der Waals surface area contributed by atoms with E-state index in [1.807, 2.05) is 31.1 Å². The van der Waals surface area contributed by atoms with Crippen molar-refractivity contribution in [2.75, 3.05) is 32.1 Å². The summed E-state index contributed by atoms with van der Waals surface area (Å²) in [7, 11) is 3.97. The molecule has 0 atom stereocenters. The van der Waals surface area contributed by atoms with Crippen LogP contribution in [0.15, 0.2) is 48.5 Å². The predicted octanol–water partition coefficient (Wildman–Crippen LogP) is 3.90. The Hall–Kier alpha value is -2.70. The van der Waals surface area contributed by atoms with E-state index in [2.05, 4.69) is 17.4 Å². The minimum absolute atomic E-state index is 0.221. The summed E-state index contributed by atoms with van der Waals surface area (Å²) in [5.74, 6) is -0.0861. The molecule has 0 saturated carbocycles. The number of benzene rings is 2. The Labute approximate surface area is 156 Å². The maximum Gasteiger partial charge on any atom is 0.416 e. The van der Waals surface area contributed by atoms with E-state index in [4.69, 9.17) is 4.74 Å². The number of carbonyl (C=O) groups excluding carboxylic acids is 1. The minimum Gasteiger partial charge on any atom is -0.484 e. The van der Waals surface area contributed by atoms with Crippen molar-refractivity contribution in [2.24, 2.45) is 0 Å². The number of nitrogens with zero attached hydrogens (tertiary/aromatic N) is 1. The van der Waals surface area contributed by atoms with E-state index in [1.54, 1.807) is 0 Å². The van der Waals surface area contributed by atoms with Crippen molar-refractivity contribution in [3.05, 3.63) is 59.7 Å². The first-order chi connectivity index (χ1) is 12.8. The van der Waals surface area contributed by atoms with E-state index >= 15 is 0 Å². The third-order valence-electron chi connectivity index (χ3n) is 3.97. The number of hydrogen-bond acceptors (Lipinski definition) is 3. The number of carbonyl (C=O) groups is 1. The quantitative estimate of drug-likeness (QED) is 0.707. The van der Waals surface area contributed by atoms with Crippen LogP contribution in [0, 0.1) is 0 Å². The average molecular weight is 380 g/mol. The first kappa shape index (κ1) is 20.6. The summed E-state index contributed by atoms with van der Waals surface area (Å²) in [6, 6.07) is 12.5. The zero-order valence-electron chi connectivity index (χ0n) is 15.3. The lowest BCUT2D eigenvalue weighted by Crippen LogP contribution is -2.29. The molecule has 0 heterocycles. The maximum absolute atomic E-state index is 12.5. The lowest BCUT2D eigenvalue weighted by molar-refractivity contribution is -0.137. The van der Waals surface area contributed by atoms with E-state index < -0.39 is 11.7 Å². The Morgan fingerprint density at radius 2 is 1.67 bits per heavy atom. The molecule has 2 aromatic rings. The van der Waals surface area contributed by atoms with Gasteiger partial charge in [-0.1, -0.05) is 12.1 Å². The van der Waals surface area contributed by atoms with E-state index in [0.717, 1.165) is 30.7 Å². The Bertz CT molecular complexity index is 726. The van der Waals surface area contributed by atoms with Gasteiger partial charge in [-0.2, -0.15) is 13.2 Å². The van der Waals surface area contributed by atoms with Gasteiger partial charge in [0.05, 0.1) is 5.56 Å². The number of ether oxygens (including phenoxy) is 1. The highest BCUT2D eigenvalue weighted by atomic mass is 19.4. The summed E-state index contributed by atoms with van der Waals surface area (Å²) in [6.07, 6.45) is -2.76. The summed E-state index contributed by atoms with van der Waals surface area (Å²) < 4.78 is 42.6. The number of anilines is 1. The molecular formula is C20H23F3N2O2. The van der Waals surface area contributed by atoms with Gasteiger partial charge >= 0.3 is 6.18 Å². The molecule has 0 radical (unpaired) electrons. The zero-order valence-corrected chi connectivity index (χ0v) is 15.3. The molecule has 1 N–H and O–H groups in total. The maximum atomic E-state index is 12.5. The van der Waals surface area contributed by atoms with Crippen LogP contribution < -0.4 is 15.0 Å². The molecule has 7 heteroatoms. The molecule has 0 aromatic heterocycles.